The smallest absolute Gasteiger partial charge is 0.151 e. The van der Waals surface area contributed by atoms with Gasteiger partial charge in [-0.1, -0.05) is 6.92 Å². The van der Waals surface area contributed by atoms with Crippen molar-refractivity contribution >= 4 is 0 Å². The van der Waals surface area contributed by atoms with Crippen LogP contribution in [0.5, 0.6) is 0 Å². The first-order chi connectivity index (χ1) is 12.0. The molecule has 4 nitrogen and oxygen atoms in total. The number of benzene rings is 1. The Bertz CT molecular complexity index is 869. The van der Waals surface area contributed by atoms with Gasteiger partial charge in [-0.3, -0.25) is 0 Å². The van der Waals surface area contributed by atoms with Crippen LogP contribution in [0.1, 0.15) is 42.7 Å². The van der Waals surface area contributed by atoms with Crippen LogP contribution in [0.2, 0.25) is 0 Å². The molecule has 0 unspecified atom stereocenters. The van der Waals surface area contributed by atoms with E-state index in [2.05, 4.69) is 10.4 Å². The average molecular weight is 345 g/mol. The molecule has 0 amide bonds. The predicted molar refractivity (Wildman–Crippen MR) is 91.6 cm³/mol. The lowest BCUT2D eigenvalue weighted by molar-refractivity contribution is 0.435. The minimum absolute atomic E-state index is 0.00689. The summed E-state index contributed by atoms with van der Waals surface area (Å²) in [5.74, 6) is 0.589. The number of hydrogen-bond acceptors (Lipinski definition) is 3. The molecule has 1 N–H and O–H groups in total. The van der Waals surface area contributed by atoms with E-state index < -0.39 is 11.6 Å². The van der Waals surface area contributed by atoms with Gasteiger partial charge in [-0.25, -0.2) is 13.5 Å². The van der Waals surface area contributed by atoms with Crippen molar-refractivity contribution in [2.24, 2.45) is 0 Å². The van der Waals surface area contributed by atoms with Gasteiger partial charge in [0.25, 0.3) is 0 Å². The van der Waals surface area contributed by atoms with Crippen molar-refractivity contribution in [1.29, 1.82) is 0 Å². The monoisotopic (exact) mass is 345 g/mol. The lowest BCUT2D eigenvalue weighted by Gasteiger charge is -2.13. The first-order valence-corrected chi connectivity index (χ1v) is 8.30. The molecule has 3 rings (SSSR count). The van der Waals surface area contributed by atoms with E-state index in [0.29, 0.717) is 6.54 Å². The number of nitrogens with zero attached hydrogens (tertiary/aromatic N) is 2. The summed E-state index contributed by atoms with van der Waals surface area (Å²) in [5.41, 5.74) is 1.99. The summed E-state index contributed by atoms with van der Waals surface area (Å²) in [6.07, 6.45) is 2.57. The van der Waals surface area contributed by atoms with Crippen LogP contribution < -0.4 is 5.32 Å². The Kier molecular flexibility index (Phi) is 4.99. The second-order valence-electron chi connectivity index (χ2n) is 6.02. The Morgan fingerprint density at radius 2 is 1.96 bits per heavy atom. The van der Waals surface area contributed by atoms with E-state index in [1.165, 1.54) is 16.8 Å². The molecule has 1 aromatic carbocycles. The molecule has 0 bridgehead atoms. The largest absolute Gasteiger partial charge is 0.465 e. The zero-order valence-corrected chi connectivity index (χ0v) is 14.5. The van der Waals surface area contributed by atoms with Crippen LogP contribution in [-0.4, -0.2) is 9.78 Å². The van der Waals surface area contributed by atoms with Gasteiger partial charge in [0.1, 0.15) is 23.0 Å². The number of furan rings is 1. The quantitative estimate of drug-likeness (QED) is 0.717. The zero-order valence-electron chi connectivity index (χ0n) is 14.5. The molecule has 0 aliphatic heterocycles. The molecule has 0 saturated carbocycles. The number of nitrogens with one attached hydrogen (secondary N) is 1. The van der Waals surface area contributed by atoms with Gasteiger partial charge in [-0.15, -0.1) is 0 Å². The predicted octanol–water partition coefficient (Wildman–Crippen LogP) is 4.47. The van der Waals surface area contributed by atoms with Gasteiger partial charge < -0.3 is 9.73 Å². The molecule has 0 aliphatic carbocycles. The normalized spacial score (nSPS) is 12.5. The van der Waals surface area contributed by atoms with Crippen LogP contribution in [0.4, 0.5) is 8.78 Å². The van der Waals surface area contributed by atoms with Crippen LogP contribution in [0, 0.1) is 18.6 Å². The van der Waals surface area contributed by atoms with E-state index in [9.17, 15) is 8.78 Å². The van der Waals surface area contributed by atoms with Crippen molar-refractivity contribution in [2.45, 2.75) is 39.8 Å². The maximum absolute atomic E-state index is 14.0. The highest BCUT2D eigenvalue weighted by Crippen LogP contribution is 2.22. The summed E-state index contributed by atoms with van der Waals surface area (Å²) in [7, 11) is 0. The summed E-state index contributed by atoms with van der Waals surface area (Å²) in [6.45, 7) is 6.52. The zero-order chi connectivity index (χ0) is 18.0. The maximum atomic E-state index is 14.0. The van der Waals surface area contributed by atoms with Crippen LogP contribution in [0.15, 0.2) is 40.9 Å². The molecule has 0 spiro atoms. The molecule has 2 aromatic heterocycles. The Balaban J connectivity index is 1.75. The fourth-order valence-electron chi connectivity index (χ4n) is 2.81. The average Bonchev–Trinajstić information content (AvgIpc) is 3.19. The first kappa shape index (κ1) is 17.4. The molecule has 0 radical (unpaired) electrons. The van der Waals surface area contributed by atoms with Crippen LogP contribution in [-0.2, 0) is 13.0 Å². The van der Waals surface area contributed by atoms with Gasteiger partial charge in [-0.2, -0.15) is 5.10 Å². The molecule has 2 heterocycles. The summed E-state index contributed by atoms with van der Waals surface area (Å²) >= 11 is 0. The summed E-state index contributed by atoms with van der Waals surface area (Å²) < 4.78 is 34.3. The molecule has 25 heavy (non-hydrogen) atoms. The molecule has 6 heteroatoms. The molecule has 0 fully saturated rings. The Labute approximate surface area is 145 Å². The number of aryl methyl sites for hydroxylation is 1. The highest BCUT2D eigenvalue weighted by Gasteiger charge is 2.16. The van der Waals surface area contributed by atoms with Gasteiger partial charge in [0, 0.05) is 29.8 Å². The molecular formula is C19H21F2N3O. The van der Waals surface area contributed by atoms with Crippen molar-refractivity contribution in [3.8, 4) is 5.69 Å². The van der Waals surface area contributed by atoms with Gasteiger partial charge in [-0.05, 0) is 38.1 Å². The fraction of sp³-hybridized carbons (Fsp3) is 0.316. The molecule has 1 atom stereocenters. The number of hydrogen-bond donors (Lipinski definition) is 1. The highest BCUT2D eigenvalue weighted by molar-refractivity contribution is 5.37. The van der Waals surface area contributed by atoms with E-state index in [0.717, 1.165) is 35.3 Å². The van der Waals surface area contributed by atoms with E-state index in [-0.39, 0.29) is 11.7 Å². The lowest BCUT2D eigenvalue weighted by Crippen LogP contribution is -2.18. The van der Waals surface area contributed by atoms with Crippen molar-refractivity contribution in [2.75, 3.05) is 0 Å². The standard InChI is InChI=1S/C19H21F2N3O/c1-4-15-6-7-16(25-15)10-22-12(2)17-11-23-24(13(17)3)19-8-5-14(20)9-18(19)21/h5-9,11-12,22H,4,10H2,1-3H3/t12-/m0/s1. The third-order valence-corrected chi connectivity index (χ3v) is 4.30. The van der Waals surface area contributed by atoms with Crippen molar-refractivity contribution in [1.82, 2.24) is 15.1 Å². The van der Waals surface area contributed by atoms with Crippen LogP contribution in [0.25, 0.3) is 5.69 Å². The van der Waals surface area contributed by atoms with Gasteiger partial charge in [0.2, 0.25) is 0 Å². The lowest BCUT2D eigenvalue weighted by atomic mass is 10.1. The molecule has 3 aromatic rings. The minimum atomic E-state index is -0.638. The second kappa shape index (κ2) is 7.19. The van der Waals surface area contributed by atoms with Gasteiger partial charge in [0.15, 0.2) is 5.82 Å². The van der Waals surface area contributed by atoms with Gasteiger partial charge in [0.05, 0.1) is 12.7 Å². The maximum Gasteiger partial charge on any atom is 0.151 e. The van der Waals surface area contributed by atoms with Crippen LogP contribution in [0.3, 0.4) is 0 Å². The second-order valence-corrected chi connectivity index (χ2v) is 6.02. The third-order valence-electron chi connectivity index (χ3n) is 4.30. The molecule has 0 saturated heterocycles. The van der Waals surface area contributed by atoms with Gasteiger partial charge >= 0.3 is 0 Å². The molecule has 0 aliphatic rings. The molecule has 132 valence electrons. The van der Waals surface area contributed by atoms with Crippen LogP contribution >= 0.6 is 0 Å². The SMILES string of the molecule is CCc1ccc(CN[C@@H](C)c2cnn(-c3ccc(F)cc3F)c2C)o1. The van der Waals surface area contributed by atoms with E-state index >= 15 is 0 Å². The van der Waals surface area contributed by atoms with Crippen molar-refractivity contribution in [3.63, 3.8) is 0 Å². The summed E-state index contributed by atoms with van der Waals surface area (Å²) in [6, 6.07) is 7.42. The third kappa shape index (κ3) is 3.64. The minimum Gasteiger partial charge on any atom is -0.465 e. The first-order valence-electron chi connectivity index (χ1n) is 8.30. The number of aromatic nitrogens is 2. The topological polar surface area (TPSA) is 43.0 Å². The Morgan fingerprint density at radius 1 is 1.20 bits per heavy atom. The fourth-order valence-corrected chi connectivity index (χ4v) is 2.81. The summed E-state index contributed by atoms with van der Waals surface area (Å²) in [5, 5.41) is 7.64. The van der Waals surface area contributed by atoms with E-state index in [1.807, 2.05) is 32.9 Å². The Morgan fingerprint density at radius 3 is 2.64 bits per heavy atom. The van der Waals surface area contributed by atoms with E-state index in [1.54, 1.807) is 6.20 Å². The summed E-state index contributed by atoms with van der Waals surface area (Å²) in [4.78, 5) is 0. The molecular weight excluding hydrogens is 324 g/mol. The highest BCUT2D eigenvalue weighted by atomic mass is 19.1. The van der Waals surface area contributed by atoms with Crippen molar-refractivity contribution < 1.29 is 13.2 Å². The number of rotatable bonds is 6. The van der Waals surface area contributed by atoms with E-state index in [4.69, 9.17) is 4.42 Å². The van der Waals surface area contributed by atoms with Crippen molar-refractivity contribution in [3.05, 3.63) is 70.9 Å². The number of halogens is 2. The Hall–Kier alpha value is -2.47.